The summed E-state index contributed by atoms with van der Waals surface area (Å²) in [7, 11) is 0. The van der Waals surface area contributed by atoms with Crippen molar-refractivity contribution < 1.29 is 4.42 Å². The Kier molecular flexibility index (Phi) is 1.90. The van der Waals surface area contributed by atoms with Gasteiger partial charge >= 0.3 is 5.63 Å². The number of benzene rings is 1. The van der Waals surface area contributed by atoms with E-state index in [2.05, 4.69) is 16.3 Å². The molecule has 0 fully saturated rings. The number of nitrogens with zero attached hydrogens (tertiary/aromatic N) is 1. The molecule has 94 valence electrons. The summed E-state index contributed by atoms with van der Waals surface area (Å²) in [5.41, 5.74) is 9.14. The van der Waals surface area contributed by atoms with Gasteiger partial charge in [-0.15, -0.1) is 0 Å². The van der Waals surface area contributed by atoms with E-state index in [0.29, 0.717) is 16.7 Å². The molecule has 5 nitrogen and oxygen atoms in total. The van der Waals surface area contributed by atoms with Crippen LogP contribution >= 0.6 is 0 Å². The van der Waals surface area contributed by atoms with Gasteiger partial charge in [-0.05, 0) is 18.4 Å². The largest absolute Gasteiger partial charge is 0.422 e. The Labute approximate surface area is 108 Å². The van der Waals surface area contributed by atoms with Crippen LogP contribution in [0.15, 0.2) is 33.5 Å². The fraction of sp³-hybridized carbons (Fsp3) is 0.143. The van der Waals surface area contributed by atoms with E-state index in [1.807, 2.05) is 18.2 Å². The molecule has 0 bridgehead atoms. The number of rotatable bonds is 0. The van der Waals surface area contributed by atoms with Crippen LogP contribution in [0.3, 0.4) is 0 Å². The summed E-state index contributed by atoms with van der Waals surface area (Å²) in [6.45, 7) is 0. The lowest BCUT2D eigenvalue weighted by molar-refractivity contribution is 0.525. The molecule has 0 saturated heterocycles. The van der Waals surface area contributed by atoms with E-state index in [-0.39, 0.29) is 5.82 Å². The number of fused-ring (bicyclic) bond motifs is 5. The van der Waals surface area contributed by atoms with E-state index in [4.69, 9.17) is 10.2 Å². The van der Waals surface area contributed by atoms with E-state index in [1.165, 1.54) is 5.56 Å². The summed E-state index contributed by atoms with van der Waals surface area (Å²) in [6, 6.07) is 7.97. The second-order valence-electron chi connectivity index (χ2n) is 4.71. The summed E-state index contributed by atoms with van der Waals surface area (Å²) in [5, 5.41) is 7.13. The first-order valence-corrected chi connectivity index (χ1v) is 6.13. The Morgan fingerprint density at radius 2 is 2.11 bits per heavy atom. The van der Waals surface area contributed by atoms with Crippen LogP contribution < -0.4 is 11.4 Å². The van der Waals surface area contributed by atoms with Crippen LogP contribution in [0.5, 0.6) is 0 Å². The van der Waals surface area contributed by atoms with Crippen molar-refractivity contribution in [2.24, 2.45) is 0 Å². The first-order valence-electron chi connectivity index (χ1n) is 6.13. The van der Waals surface area contributed by atoms with Crippen LogP contribution in [0.1, 0.15) is 11.1 Å². The van der Waals surface area contributed by atoms with Crippen LogP contribution in [0.2, 0.25) is 0 Å². The molecule has 0 saturated carbocycles. The van der Waals surface area contributed by atoms with Crippen molar-refractivity contribution in [2.75, 3.05) is 5.73 Å². The maximum absolute atomic E-state index is 12.0. The molecule has 4 rings (SSSR count). The predicted octanol–water partition coefficient (Wildman–Crippen LogP) is 1.86. The Hall–Kier alpha value is -2.56. The van der Waals surface area contributed by atoms with E-state index in [1.54, 1.807) is 0 Å². The summed E-state index contributed by atoms with van der Waals surface area (Å²) >= 11 is 0. The molecule has 0 radical (unpaired) electrons. The SMILES string of the molecule is Nc1n[nH]c2c3c(oc(=O)c12)-c1ccccc1CC3. The minimum atomic E-state index is -0.434. The fourth-order valence-corrected chi connectivity index (χ4v) is 2.78. The van der Waals surface area contributed by atoms with E-state index in [0.717, 1.165) is 24.0 Å². The Morgan fingerprint density at radius 3 is 3.00 bits per heavy atom. The number of nitrogens with two attached hydrogens (primary N) is 1. The second kappa shape index (κ2) is 3.47. The summed E-state index contributed by atoms with van der Waals surface area (Å²) in [6.07, 6.45) is 1.74. The van der Waals surface area contributed by atoms with Crippen LogP contribution in [-0.4, -0.2) is 10.2 Å². The number of nitrogens with one attached hydrogen (secondary N) is 1. The third kappa shape index (κ3) is 1.29. The van der Waals surface area contributed by atoms with Crippen molar-refractivity contribution in [3.05, 3.63) is 45.8 Å². The Bertz CT molecular complexity index is 861. The van der Waals surface area contributed by atoms with Gasteiger partial charge in [0, 0.05) is 11.1 Å². The zero-order valence-corrected chi connectivity index (χ0v) is 10.1. The van der Waals surface area contributed by atoms with Gasteiger partial charge < -0.3 is 10.2 Å². The highest BCUT2D eigenvalue weighted by atomic mass is 16.4. The fourth-order valence-electron chi connectivity index (χ4n) is 2.78. The van der Waals surface area contributed by atoms with Gasteiger partial charge in [0.2, 0.25) is 0 Å². The molecule has 19 heavy (non-hydrogen) atoms. The number of anilines is 1. The van der Waals surface area contributed by atoms with Crippen molar-refractivity contribution in [2.45, 2.75) is 12.8 Å². The molecule has 1 aromatic carbocycles. The molecule has 0 atom stereocenters. The molecule has 0 spiro atoms. The molecule has 0 amide bonds. The number of H-pyrrole nitrogens is 1. The van der Waals surface area contributed by atoms with Gasteiger partial charge in [-0.25, -0.2) is 4.79 Å². The van der Waals surface area contributed by atoms with Crippen molar-refractivity contribution in [1.82, 2.24) is 10.2 Å². The van der Waals surface area contributed by atoms with Crippen molar-refractivity contribution in [1.29, 1.82) is 0 Å². The molecular weight excluding hydrogens is 242 g/mol. The monoisotopic (exact) mass is 253 g/mol. The van der Waals surface area contributed by atoms with E-state index >= 15 is 0 Å². The lowest BCUT2D eigenvalue weighted by Crippen LogP contribution is -2.10. The normalized spacial score (nSPS) is 13.3. The number of nitrogen functional groups attached to an aromatic ring is 1. The third-order valence-electron chi connectivity index (χ3n) is 3.68. The molecule has 0 aliphatic heterocycles. The van der Waals surface area contributed by atoms with Crippen LogP contribution in [0.4, 0.5) is 5.82 Å². The molecule has 1 aliphatic carbocycles. The summed E-state index contributed by atoms with van der Waals surface area (Å²) < 4.78 is 5.48. The van der Waals surface area contributed by atoms with Gasteiger partial charge in [0.1, 0.15) is 11.1 Å². The first kappa shape index (κ1) is 10.4. The molecule has 0 unspecified atom stereocenters. The van der Waals surface area contributed by atoms with Gasteiger partial charge in [0.25, 0.3) is 0 Å². The lowest BCUT2D eigenvalue weighted by Gasteiger charge is -2.17. The Balaban J connectivity index is 2.16. The molecule has 1 aliphatic rings. The van der Waals surface area contributed by atoms with E-state index in [9.17, 15) is 4.79 Å². The zero-order chi connectivity index (χ0) is 13.0. The number of aryl methyl sites for hydroxylation is 2. The number of aromatic nitrogens is 2. The quantitative estimate of drug-likeness (QED) is 0.640. The molecule has 5 heteroatoms. The lowest BCUT2D eigenvalue weighted by atomic mass is 9.89. The standard InChI is InChI=1S/C14H11N3O2/c15-13-10-11(16-17-13)9-6-5-7-3-1-2-4-8(7)12(9)19-14(10)18/h1-4H,5-6H2,(H3,15,16,17). The number of hydrogen-bond acceptors (Lipinski definition) is 4. The van der Waals surface area contributed by atoms with Crippen LogP contribution in [-0.2, 0) is 12.8 Å². The van der Waals surface area contributed by atoms with Gasteiger partial charge in [-0.3, -0.25) is 5.10 Å². The molecular formula is C14H11N3O2. The molecule has 3 aromatic rings. The number of aromatic amines is 1. The van der Waals surface area contributed by atoms with Crippen molar-refractivity contribution in [3.8, 4) is 11.3 Å². The minimum Gasteiger partial charge on any atom is -0.422 e. The van der Waals surface area contributed by atoms with Gasteiger partial charge in [0.15, 0.2) is 5.82 Å². The molecule has 2 heterocycles. The van der Waals surface area contributed by atoms with Gasteiger partial charge in [0.05, 0.1) is 5.52 Å². The highest BCUT2D eigenvalue weighted by Gasteiger charge is 2.24. The maximum Gasteiger partial charge on any atom is 0.349 e. The van der Waals surface area contributed by atoms with Crippen LogP contribution in [0, 0.1) is 0 Å². The van der Waals surface area contributed by atoms with Gasteiger partial charge in [-0.2, -0.15) is 5.10 Å². The summed E-state index contributed by atoms with van der Waals surface area (Å²) in [5.74, 6) is 0.841. The second-order valence-corrected chi connectivity index (χ2v) is 4.71. The molecule has 2 aromatic heterocycles. The zero-order valence-electron chi connectivity index (χ0n) is 10.1. The average molecular weight is 253 g/mol. The highest BCUT2D eigenvalue weighted by Crippen LogP contribution is 2.35. The Morgan fingerprint density at radius 1 is 1.26 bits per heavy atom. The average Bonchev–Trinajstić information content (AvgIpc) is 2.82. The topological polar surface area (TPSA) is 84.9 Å². The van der Waals surface area contributed by atoms with Crippen LogP contribution in [0.25, 0.3) is 22.2 Å². The first-order chi connectivity index (χ1) is 9.25. The van der Waals surface area contributed by atoms with Crippen molar-refractivity contribution >= 4 is 16.7 Å². The van der Waals surface area contributed by atoms with Gasteiger partial charge in [-0.1, -0.05) is 24.3 Å². The summed E-state index contributed by atoms with van der Waals surface area (Å²) in [4.78, 5) is 12.0. The number of hydrogen-bond donors (Lipinski definition) is 2. The third-order valence-corrected chi connectivity index (χ3v) is 3.68. The molecule has 3 N–H and O–H groups in total. The highest BCUT2D eigenvalue weighted by molar-refractivity contribution is 5.93. The minimum absolute atomic E-state index is 0.199. The van der Waals surface area contributed by atoms with Crippen molar-refractivity contribution in [3.63, 3.8) is 0 Å². The maximum atomic E-state index is 12.0. The predicted molar refractivity (Wildman–Crippen MR) is 71.9 cm³/mol. The van der Waals surface area contributed by atoms with E-state index < -0.39 is 5.63 Å². The smallest absolute Gasteiger partial charge is 0.349 e.